The summed E-state index contributed by atoms with van der Waals surface area (Å²) >= 11 is 6.30. The lowest BCUT2D eigenvalue weighted by Crippen LogP contribution is -2.44. The molecule has 0 spiro atoms. The second kappa shape index (κ2) is 8.03. The molecule has 1 N–H and O–H groups in total. The molecule has 8 heteroatoms. The number of hydrogen-bond donors (Lipinski definition) is 1. The molecule has 0 radical (unpaired) electrons. The van der Waals surface area contributed by atoms with Gasteiger partial charge in [0.05, 0.1) is 23.8 Å². The van der Waals surface area contributed by atoms with Gasteiger partial charge in [-0.05, 0) is 48.6 Å². The molecule has 1 aliphatic rings. The third-order valence-electron chi connectivity index (χ3n) is 3.41. The third-order valence-corrected chi connectivity index (χ3v) is 4.73. The molecule has 0 bridgehead atoms. The Kier molecular flexibility index (Phi) is 5.55. The van der Waals surface area contributed by atoms with Crippen LogP contribution < -0.4 is 10.2 Å². The highest BCUT2D eigenvalue weighted by Gasteiger charge is 2.33. The topological polar surface area (TPSA) is 71.8 Å². The van der Waals surface area contributed by atoms with E-state index >= 15 is 0 Å². The Morgan fingerprint density at radius 2 is 2.12 bits per heavy atom. The molecule has 132 valence electrons. The Labute approximate surface area is 159 Å². The first-order valence-electron chi connectivity index (χ1n) is 7.52. The number of nitrogens with zero attached hydrogens (tertiary/aromatic N) is 1. The van der Waals surface area contributed by atoms with Gasteiger partial charge in [-0.25, -0.2) is 0 Å². The van der Waals surface area contributed by atoms with E-state index in [4.69, 9.17) is 21.4 Å². The number of nitrogens with one attached hydrogen (secondary N) is 1. The fraction of sp³-hybridized carbons (Fsp3) is 0.0556. The first-order valence-corrected chi connectivity index (χ1v) is 8.75. The highest BCUT2D eigenvalue weighted by Crippen LogP contribution is 2.30. The minimum atomic E-state index is -0.480. The Hall–Kier alpha value is -2.84. The number of carbonyl (C=O) groups excluding carboxylic acids is 2. The van der Waals surface area contributed by atoms with Gasteiger partial charge in [-0.1, -0.05) is 30.0 Å². The zero-order valence-corrected chi connectivity index (χ0v) is 15.3. The molecule has 1 fully saturated rings. The normalized spacial score (nSPS) is 15.9. The number of hydrazine groups is 1. The summed E-state index contributed by atoms with van der Waals surface area (Å²) in [6.07, 6.45) is 6.59. The number of methoxy groups -OCH3 is 1. The van der Waals surface area contributed by atoms with Crippen LogP contribution in [0.4, 0.5) is 0 Å². The van der Waals surface area contributed by atoms with Gasteiger partial charge in [0.2, 0.25) is 0 Å². The number of ether oxygens (including phenoxy) is 1. The average molecular weight is 386 g/mol. The van der Waals surface area contributed by atoms with Crippen molar-refractivity contribution >= 4 is 46.2 Å². The van der Waals surface area contributed by atoms with Crippen LogP contribution in [0.5, 0.6) is 5.75 Å². The summed E-state index contributed by atoms with van der Waals surface area (Å²) in [6, 6.07) is 10.3. The molecule has 2 heterocycles. The standard InChI is InChI=1S/C18H14N2O4S2/c1-23-14-9-3-2-8-13(14)16(21)19-20-17(22)15(26-18(20)25)10-4-6-12-7-5-11-24-12/h2-11H,1H3,(H,19,21)/b6-4+,15-10+. The number of para-hydroxylation sites is 1. The maximum Gasteiger partial charge on any atom is 0.285 e. The van der Waals surface area contributed by atoms with Crippen LogP contribution in [-0.4, -0.2) is 28.3 Å². The predicted molar refractivity (Wildman–Crippen MR) is 103 cm³/mol. The lowest BCUT2D eigenvalue weighted by atomic mass is 10.2. The monoisotopic (exact) mass is 386 g/mol. The van der Waals surface area contributed by atoms with E-state index in [0.717, 1.165) is 16.8 Å². The minimum Gasteiger partial charge on any atom is -0.496 e. The van der Waals surface area contributed by atoms with Gasteiger partial charge in [0.1, 0.15) is 11.5 Å². The fourth-order valence-corrected chi connectivity index (χ4v) is 3.32. The fourth-order valence-electron chi connectivity index (χ4n) is 2.19. The second-order valence-electron chi connectivity index (χ2n) is 5.06. The van der Waals surface area contributed by atoms with Crippen molar-refractivity contribution in [3.05, 3.63) is 71.0 Å². The summed E-state index contributed by atoms with van der Waals surface area (Å²) in [7, 11) is 1.47. The number of thiocarbonyl (C=S) groups is 1. The van der Waals surface area contributed by atoms with Crippen LogP contribution in [0.3, 0.4) is 0 Å². The molecule has 1 aromatic heterocycles. The molecule has 6 nitrogen and oxygen atoms in total. The molecule has 3 rings (SSSR count). The zero-order valence-electron chi connectivity index (χ0n) is 13.7. The molecular weight excluding hydrogens is 372 g/mol. The van der Waals surface area contributed by atoms with Crippen LogP contribution in [0.1, 0.15) is 16.1 Å². The van der Waals surface area contributed by atoms with E-state index in [1.807, 2.05) is 0 Å². The quantitative estimate of drug-likeness (QED) is 0.627. The van der Waals surface area contributed by atoms with Crippen molar-refractivity contribution in [3.8, 4) is 5.75 Å². The van der Waals surface area contributed by atoms with Crippen LogP contribution in [-0.2, 0) is 4.79 Å². The number of amides is 2. The van der Waals surface area contributed by atoms with Crippen molar-refractivity contribution in [2.24, 2.45) is 0 Å². The van der Waals surface area contributed by atoms with Gasteiger partial charge in [-0.15, -0.1) is 0 Å². The lowest BCUT2D eigenvalue weighted by Gasteiger charge is -2.16. The van der Waals surface area contributed by atoms with Gasteiger partial charge in [-0.2, -0.15) is 5.01 Å². The number of allylic oxidation sites excluding steroid dienone is 2. The van der Waals surface area contributed by atoms with E-state index in [1.54, 1.807) is 60.9 Å². The number of carbonyl (C=O) groups is 2. The summed E-state index contributed by atoms with van der Waals surface area (Å²) in [5.41, 5.74) is 2.83. The van der Waals surface area contributed by atoms with E-state index in [9.17, 15) is 9.59 Å². The molecule has 2 amide bonds. The number of thioether (sulfide) groups is 1. The van der Waals surface area contributed by atoms with Crippen molar-refractivity contribution in [2.45, 2.75) is 0 Å². The van der Waals surface area contributed by atoms with E-state index in [2.05, 4.69) is 5.43 Å². The third kappa shape index (κ3) is 3.87. The van der Waals surface area contributed by atoms with Crippen molar-refractivity contribution < 1.29 is 18.7 Å². The number of benzene rings is 1. The Morgan fingerprint density at radius 1 is 1.31 bits per heavy atom. The minimum absolute atomic E-state index is 0.246. The van der Waals surface area contributed by atoms with Crippen LogP contribution in [0.2, 0.25) is 0 Å². The number of hydrogen-bond acceptors (Lipinski definition) is 6. The Balaban J connectivity index is 1.72. The second-order valence-corrected chi connectivity index (χ2v) is 6.73. The SMILES string of the molecule is COc1ccccc1C(=O)NN1C(=O)/C(=C\C=C\c2ccco2)SC1=S. The summed E-state index contributed by atoms with van der Waals surface area (Å²) < 4.78 is 10.6. The van der Waals surface area contributed by atoms with E-state index in [0.29, 0.717) is 22.0 Å². The largest absolute Gasteiger partial charge is 0.496 e. The summed E-state index contributed by atoms with van der Waals surface area (Å²) in [5.74, 6) is 0.201. The maximum atomic E-state index is 12.5. The molecule has 1 aliphatic heterocycles. The van der Waals surface area contributed by atoms with Crippen molar-refractivity contribution in [2.75, 3.05) is 7.11 Å². The van der Waals surface area contributed by atoms with Crippen LogP contribution >= 0.6 is 24.0 Å². The molecule has 26 heavy (non-hydrogen) atoms. The van der Waals surface area contributed by atoms with Gasteiger partial charge < -0.3 is 9.15 Å². The first-order chi connectivity index (χ1) is 12.6. The van der Waals surface area contributed by atoms with Gasteiger partial charge in [0, 0.05) is 0 Å². The predicted octanol–water partition coefficient (Wildman–Crippen LogP) is 3.39. The average Bonchev–Trinajstić information content (AvgIpc) is 3.25. The van der Waals surface area contributed by atoms with Gasteiger partial charge in [0.25, 0.3) is 11.8 Å². The smallest absolute Gasteiger partial charge is 0.285 e. The number of furan rings is 1. The van der Waals surface area contributed by atoms with Crippen molar-refractivity contribution in [3.63, 3.8) is 0 Å². The highest BCUT2D eigenvalue weighted by atomic mass is 32.2. The molecule has 0 unspecified atom stereocenters. The van der Waals surface area contributed by atoms with Crippen LogP contribution in [0.25, 0.3) is 6.08 Å². The zero-order chi connectivity index (χ0) is 18.5. The summed E-state index contributed by atoms with van der Waals surface area (Å²) in [4.78, 5) is 25.3. The highest BCUT2D eigenvalue weighted by molar-refractivity contribution is 8.26. The Morgan fingerprint density at radius 3 is 2.85 bits per heavy atom. The lowest BCUT2D eigenvalue weighted by molar-refractivity contribution is -0.123. The van der Waals surface area contributed by atoms with Crippen molar-refractivity contribution in [1.82, 2.24) is 10.4 Å². The van der Waals surface area contributed by atoms with Gasteiger partial charge in [-0.3, -0.25) is 15.0 Å². The van der Waals surface area contributed by atoms with Gasteiger partial charge >= 0.3 is 0 Å². The maximum absolute atomic E-state index is 12.5. The molecule has 0 atom stereocenters. The molecular formula is C18H14N2O4S2. The molecule has 2 aromatic rings. The molecule has 0 aliphatic carbocycles. The Bertz CT molecular complexity index is 904. The van der Waals surface area contributed by atoms with Crippen LogP contribution in [0.15, 0.2) is 64.1 Å². The number of rotatable bonds is 5. The summed E-state index contributed by atoms with van der Waals surface area (Å²) in [5, 5.41) is 1.06. The van der Waals surface area contributed by atoms with E-state index < -0.39 is 11.8 Å². The molecule has 1 saturated heterocycles. The summed E-state index contributed by atoms with van der Waals surface area (Å²) in [6.45, 7) is 0. The van der Waals surface area contributed by atoms with Crippen LogP contribution in [0, 0.1) is 0 Å². The van der Waals surface area contributed by atoms with E-state index in [1.165, 1.54) is 7.11 Å². The van der Waals surface area contributed by atoms with Gasteiger partial charge in [0.15, 0.2) is 4.32 Å². The van der Waals surface area contributed by atoms with Crippen molar-refractivity contribution in [1.29, 1.82) is 0 Å². The molecule has 1 aromatic carbocycles. The molecule has 0 saturated carbocycles. The first kappa shape index (κ1) is 18.0. The van der Waals surface area contributed by atoms with E-state index in [-0.39, 0.29) is 4.32 Å².